The Balaban J connectivity index is 1.81. The van der Waals surface area contributed by atoms with Gasteiger partial charge in [0.1, 0.15) is 0 Å². The van der Waals surface area contributed by atoms with E-state index in [1.165, 1.54) is 30.6 Å². The van der Waals surface area contributed by atoms with Crippen molar-refractivity contribution in [1.29, 1.82) is 0 Å². The van der Waals surface area contributed by atoms with Crippen LogP contribution < -0.4 is 0 Å². The van der Waals surface area contributed by atoms with Crippen LogP contribution in [0.5, 0.6) is 0 Å². The van der Waals surface area contributed by atoms with Gasteiger partial charge in [-0.1, -0.05) is 18.0 Å². The van der Waals surface area contributed by atoms with Gasteiger partial charge in [-0.25, -0.2) is 0 Å². The predicted octanol–water partition coefficient (Wildman–Crippen LogP) is 5.12. The Labute approximate surface area is 105 Å². The lowest BCUT2D eigenvalue weighted by molar-refractivity contribution is 0.325. The highest BCUT2D eigenvalue weighted by atomic mass is 35.5. The molecule has 15 heavy (non-hydrogen) atoms. The molecule has 2 bridgehead atoms. The first kappa shape index (κ1) is 10.4. The molecule has 4 atom stereocenters. The van der Waals surface area contributed by atoms with Gasteiger partial charge in [-0.2, -0.15) is 0 Å². The summed E-state index contributed by atoms with van der Waals surface area (Å²) in [7, 11) is 0. The minimum Gasteiger partial charge on any atom is -0.146 e. The fourth-order valence-electron chi connectivity index (χ4n) is 3.35. The normalized spacial score (nSPS) is 36.0. The van der Waals surface area contributed by atoms with Crippen molar-refractivity contribution in [3.8, 4) is 0 Å². The third-order valence-corrected chi connectivity index (χ3v) is 6.18. The maximum Gasteiger partial charge on any atom is 0.0724 e. The second kappa shape index (κ2) is 3.94. The van der Waals surface area contributed by atoms with Crippen molar-refractivity contribution in [1.82, 2.24) is 0 Å². The van der Waals surface area contributed by atoms with Crippen molar-refractivity contribution in [3.05, 3.63) is 21.3 Å². The summed E-state index contributed by atoms with van der Waals surface area (Å²) >= 11 is 14.4. The average Bonchev–Trinajstić information content (AvgIpc) is 2.91. The van der Waals surface area contributed by atoms with E-state index >= 15 is 0 Å². The number of fused-ring (bicyclic) bond motifs is 2. The molecule has 0 radical (unpaired) electrons. The van der Waals surface area contributed by atoms with Crippen molar-refractivity contribution in [2.24, 2.45) is 17.8 Å². The summed E-state index contributed by atoms with van der Waals surface area (Å²) in [4.78, 5) is 1.19. The Kier molecular flexibility index (Phi) is 2.74. The first-order valence-corrected chi connectivity index (χ1v) is 7.32. The number of thiophene rings is 1. The number of rotatable bonds is 2. The molecule has 2 aliphatic carbocycles. The van der Waals surface area contributed by atoms with E-state index in [2.05, 4.69) is 0 Å². The molecule has 0 amide bonds. The van der Waals surface area contributed by atoms with E-state index in [1.54, 1.807) is 11.3 Å². The maximum atomic E-state index is 6.58. The zero-order chi connectivity index (χ0) is 10.4. The minimum atomic E-state index is 0.160. The summed E-state index contributed by atoms with van der Waals surface area (Å²) < 4.78 is 0. The molecule has 0 saturated heterocycles. The lowest BCUT2D eigenvalue weighted by Gasteiger charge is -2.25. The summed E-state index contributed by atoms with van der Waals surface area (Å²) in [5.74, 6) is 2.51. The van der Waals surface area contributed by atoms with Gasteiger partial charge in [-0.15, -0.1) is 22.9 Å². The summed E-state index contributed by atoms with van der Waals surface area (Å²) in [6.45, 7) is 0. The van der Waals surface area contributed by atoms with Crippen LogP contribution in [-0.4, -0.2) is 0 Å². The fourth-order valence-corrected chi connectivity index (χ4v) is 5.21. The first-order chi connectivity index (χ1) is 7.25. The number of alkyl halides is 1. The molecule has 0 N–H and O–H groups in total. The standard InChI is InChI=1S/C12H14Cl2S/c13-10-3-4-15-12(10)11(14)9-6-7-1-2-8(9)5-7/h3-4,7-9,11H,1-2,5-6H2. The molecular formula is C12H14Cl2S. The van der Waals surface area contributed by atoms with Crippen molar-refractivity contribution in [3.63, 3.8) is 0 Å². The van der Waals surface area contributed by atoms with Crippen molar-refractivity contribution < 1.29 is 0 Å². The largest absolute Gasteiger partial charge is 0.146 e. The van der Waals surface area contributed by atoms with Crippen molar-refractivity contribution >= 4 is 34.5 Å². The third kappa shape index (κ3) is 1.73. The SMILES string of the molecule is Clc1ccsc1C(Cl)C1CC2CCC1C2. The van der Waals surface area contributed by atoms with Gasteiger partial charge in [0.15, 0.2) is 0 Å². The molecule has 1 heterocycles. The monoisotopic (exact) mass is 260 g/mol. The molecule has 0 nitrogen and oxygen atoms in total. The van der Waals surface area contributed by atoms with Gasteiger partial charge < -0.3 is 0 Å². The molecule has 3 rings (SSSR count). The number of hydrogen-bond donors (Lipinski definition) is 0. The number of hydrogen-bond acceptors (Lipinski definition) is 1. The summed E-state index contributed by atoms with van der Waals surface area (Å²) in [5, 5.41) is 3.07. The Morgan fingerprint density at radius 1 is 1.33 bits per heavy atom. The van der Waals surface area contributed by atoms with Crippen LogP contribution in [0.3, 0.4) is 0 Å². The summed E-state index contributed by atoms with van der Waals surface area (Å²) in [6, 6.07) is 1.96. The van der Waals surface area contributed by atoms with E-state index in [9.17, 15) is 0 Å². The van der Waals surface area contributed by atoms with E-state index in [4.69, 9.17) is 23.2 Å². The molecule has 1 aromatic rings. The second-order valence-corrected chi connectivity index (χ2v) is 6.70. The van der Waals surface area contributed by atoms with E-state index in [0.29, 0.717) is 5.92 Å². The van der Waals surface area contributed by atoms with Crippen LogP contribution in [0.2, 0.25) is 5.02 Å². The molecule has 2 aliphatic rings. The smallest absolute Gasteiger partial charge is 0.0724 e. The molecule has 82 valence electrons. The van der Waals surface area contributed by atoms with Gasteiger partial charge >= 0.3 is 0 Å². The van der Waals surface area contributed by atoms with Gasteiger partial charge in [0, 0.05) is 4.88 Å². The lowest BCUT2D eigenvalue weighted by atomic mass is 9.86. The van der Waals surface area contributed by atoms with Gasteiger partial charge in [-0.05, 0) is 48.5 Å². The number of halogens is 2. The molecule has 2 saturated carbocycles. The Hall–Kier alpha value is 0.280. The highest BCUT2D eigenvalue weighted by Crippen LogP contribution is 2.55. The average molecular weight is 261 g/mol. The fraction of sp³-hybridized carbons (Fsp3) is 0.667. The summed E-state index contributed by atoms with van der Waals surface area (Å²) in [5.41, 5.74) is 0. The van der Waals surface area contributed by atoms with E-state index < -0.39 is 0 Å². The van der Waals surface area contributed by atoms with E-state index in [1.807, 2.05) is 11.4 Å². The Morgan fingerprint density at radius 2 is 2.20 bits per heavy atom. The van der Waals surface area contributed by atoms with Crippen LogP contribution in [0.1, 0.15) is 35.9 Å². The molecule has 2 fully saturated rings. The van der Waals surface area contributed by atoms with E-state index in [-0.39, 0.29) is 5.38 Å². The zero-order valence-corrected chi connectivity index (χ0v) is 10.8. The van der Waals surface area contributed by atoms with Crippen LogP contribution in [0.15, 0.2) is 11.4 Å². The molecule has 0 aliphatic heterocycles. The van der Waals surface area contributed by atoms with Gasteiger partial charge in [0.2, 0.25) is 0 Å². The van der Waals surface area contributed by atoms with Crippen LogP contribution in [0.4, 0.5) is 0 Å². The molecule has 1 aromatic heterocycles. The topological polar surface area (TPSA) is 0 Å². The molecule has 0 aromatic carbocycles. The first-order valence-electron chi connectivity index (χ1n) is 5.62. The molecular weight excluding hydrogens is 247 g/mol. The van der Waals surface area contributed by atoms with Crippen molar-refractivity contribution in [2.75, 3.05) is 0 Å². The highest BCUT2D eigenvalue weighted by molar-refractivity contribution is 7.11. The third-order valence-electron chi connectivity index (χ3n) is 4.06. The summed E-state index contributed by atoms with van der Waals surface area (Å²) in [6.07, 6.45) is 5.56. The van der Waals surface area contributed by atoms with Gasteiger partial charge in [0.05, 0.1) is 10.4 Å². The van der Waals surface area contributed by atoms with Crippen LogP contribution in [0, 0.1) is 17.8 Å². The van der Waals surface area contributed by atoms with Gasteiger partial charge in [0.25, 0.3) is 0 Å². The van der Waals surface area contributed by atoms with Crippen molar-refractivity contribution in [2.45, 2.75) is 31.1 Å². The lowest BCUT2D eigenvalue weighted by Crippen LogP contribution is -2.15. The zero-order valence-electron chi connectivity index (χ0n) is 8.46. The van der Waals surface area contributed by atoms with Crippen LogP contribution >= 0.6 is 34.5 Å². The highest BCUT2D eigenvalue weighted by Gasteiger charge is 2.43. The predicted molar refractivity (Wildman–Crippen MR) is 66.9 cm³/mol. The Bertz CT molecular complexity index is 360. The maximum absolute atomic E-state index is 6.58. The second-order valence-electron chi connectivity index (χ2n) is 4.87. The molecule has 4 unspecified atom stereocenters. The van der Waals surface area contributed by atoms with Crippen LogP contribution in [0.25, 0.3) is 0 Å². The molecule has 0 spiro atoms. The quantitative estimate of drug-likeness (QED) is 0.648. The van der Waals surface area contributed by atoms with Gasteiger partial charge in [-0.3, -0.25) is 0 Å². The minimum absolute atomic E-state index is 0.160. The molecule has 3 heteroatoms. The Morgan fingerprint density at radius 3 is 2.73 bits per heavy atom. The van der Waals surface area contributed by atoms with Crippen LogP contribution in [-0.2, 0) is 0 Å². The van der Waals surface area contributed by atoms with E-state index in [0.717, 1.165) is 16.9 Å².